The summed E-state index contributed by atoms with van der Waals surface area (Å²) in [7, 11) is 1.68. The quantitative estimate of drug-likeness (QED) is 0.625. The fraction of sp³-hybridized carbons (Fsp3) is 0.350. The van der Waals surface area contributed by atoms with Gasteiger partial charge in [-0.1, -0.05) is 25.1 Å². The predicted octanol–water partition coefficient (Wildman–Crippen LogP) is 3.92. The number of nitrogens with zero attached hydrogens (tertiary/aromatic N) is 1. The van der Waals surface area contributed by atoms with E-state index in [1.165, 1.54) is 16.7 Å². The number of anilines is 1. The van der Waals surface area contributed by atoms with E-state index in [2.05, 4.69) is 55.3 Å². The molecule has 4 nitrogen and oxygen atoms in total. The highest BCUT2D eigenvalue weighted by Crippen LogP contribution is 2.15. The third-order valence-corrected chi connectivity index (χ3v) is 4.10. The molecule has 0 amide bonds. The molecule has 0 aliphatic carbocycles. The second kappa shape index (κ2) is 8.39. The molecule has 3 N–H and O–H groups in total. The van der Waals surface area contributed by atoms with E-state index in [9.17, 15) is 0 Å². The number of hydrogen-bond donors (Lipinski definition) is 2. The number of hydrogen-bond acceptors (Lipinski definition) is 2. The number of ether oxygens (including phenoxy) is 1. The summed E-state index contributed by atoms with van der Waals surface area (Å²) in [6, 6.07) is 14.3. The Morgan fingerprint density at radius 1 is 1.12 bits per heavy atom. The summed E-state index contributed by atoms with van der Waals surface area (Å²) in [5.41, 5.74) is 10.8. The van der Waals surface area contributed by atoms with Crippen molar-refractivity contribution in [3.05, 3.63) is 59.2 Å². The lowest BCUT2D eigenvalue weighted by molar-refractivity contribution is 0.414. The largest absolute Gasteiger partial charge is 0.497 e. The minimum atomic E-state index is 0.415. The van der Waals surface area contributed by atoms with E-state index < -0.39 is 0 Å². The van der Waals surface area contributed by atoms with Crippen molar-refractivity contribution in [2.75, 3.05) is 19.0 Å². The van der Waals surface area contributed by atoms with Crippen LogP contribution in [-0.4, -0.2) is 19.6 Å². The Morgan fingerprint density at radius 3 is 2.46 bits per heavy atom. The molecule has 0 aromatic heterocycles. The number of rotatable bonds is 6. The standard InChI is InChI=1S/C20H27N3O/c1-14(11-17-6-9-19(24-4)10-7-17)13-22-20(21)23-18-8-5-15(2)16(3)12-18/h5-10,12,14H,11,13H2,1-4H3,(H3,21,22,23). The van der Waals surface area contributed by atoms with Crippen LogP contribution in [0.2, 0.25) is 0 Å². The summed E-state index contributed by atoms with van der Waals surface area (Å²) in [6.45, 7) is 7.05. The molecule has 0 fully saturated rings. The second-order valence-electron chi connectivity index (χ2n) is 6.31. The molecule has 24 heavy (non-hydrogen) atoms. The van der Waals surface area contributed by atoms with E-state index in [1.54, 1.807) is 7.11 Å². The minimum absolute atomic E-state index is 0.415. The first kappa shape index (κ1) is 17.9. The van der Waals surface area contributed by atoms with E-state index in [1.807, 2.05) is 18.2 Å². The third-order valence-electron chi connectivity index (χ3n) is 4.10. The van der Waals surface area contributed by atoms with E-state index in [-0.39, 0.29) is 0 Å². The number of aliphatic imine (C=N–C) groups is 1. The van der Waals surface area contributed by atoms with Gasteiger partial charge in [0.1, 0.15) is 5.75 Å². The van der Waals surface area contributed by atoms with Crippen LogP contribution in [-0.2, 0) is 6.42 Å². The molecule has 128 valence electrons. The van der Waals surface area contributed by atoms with Gasteiger partial charge in [0.25, 0.3) is 0 Å². The van der Waals surface area contributed by atoms with Crippen LogP contribution in [0.4, 0.5) is 5.69 Å². The van der Waals surface area contributed by atoms with Crippen LogP contribution in [0.15, 0.2) is 47.5 Å². The lowest BCUT2D eigenvalue weighted by Gasteiger charge is -2.11. The number of aryl methyl sites for hydroxylation is 2. The van der Waals surface area contributed by atoms with Crippen LogP contribution in [0.3, 0.4) is 0 Å². The first-order chi connectivity index (χ1) is 11.5. The van der Waals surface area contributed by atoms with Crippen molar-refractivity contribution >= 4 is 11.6 Å². The molecule has 0 saturated carbocycles. The summed E-state index contributed by atoms with van der Waals surface area (Å²) in [5.74, 6) is 1.75. The second-order valence-corrected chi connectivity index (χ2v) is 6.31. The summed E-state index contributed by atoms with van der Waals surface area (Å²) in [4.78, 5) is 4.46. The van der Waals surface area contributed by atoms with Gasteiger partial charge < -0.3 is 15.8 Å². The van der Waals surface area contributed by atoms with E-state index in [0.717, 1.165) is 17.9 Å². The molecule has 0 radical (unpaired) electrons. The van der Waals surface area contributed by atoms with Crippen LogP contribution in [0.25, 0.3) is 0 Å². The minimum Gasteiger partial charge on any atom is -0.497 e. The van der Waals surface area contributed by atoms with Gasteiger partial charge in [0.05, 0.1) is 7.11 Å². The Balaban J connectivity index is 1.87. The zero-order valence-corrected chi connectivity index (χ0v) is 15.0. The maximum Gasteiger partial charge on any atom is 0.193 e. The van der Waals surface area contributed by atoms with Gasteiger partial charge >= 0.3 is 0 Å². The van der Waals surface area contributed by atoms with Crippen molar-refractivity contribution in [2.24, 2.45) is 16.6 Å². The molecule has 0 saturated heterocycles. The van der Waals surface area contributed by atoms with Crippen molar-refractivity contribution in [3.63, 3.8) is 0 Å². The molecule has 1 atom stereocenters. The molecule has 4 heteroatoms. The van der Waals surface area contributed by atoms with Crippen molar-refractivity contribution in [2.45, 2.75) is 27.2 Å². The monoisotopic (exact) mass is 325 g/mol. The summed E-state index contributed by atoms with van der Waals surface area (Å²) >= 11 is 0. The molecule has 0 spiro atoms. The molecule has 0 bridgehead atoms. The Hall–Kier alpha value is -2.49. The average molecular weight is 325 g/mol. The number of methoxy groups -OCH3 is 1. The SMILES string of the molecule is COc1ccc(CC(C)CN=C(N)Nc2ccc(C)c(C)c2)cc1. The number of guanidine groups is 1. The highest BCUT2D eigenvalue weighted by molar-refractivity contribution is 5.92. The number of nitrogens with one attached hydrogen (secondary N) is 1. The highest BCUT2D eigenvalue weighted by Gasteiger charge is 2.04. The van der Waals surface area contributed by atoms with Crippen molar-refractivity contribution < 1.29 is 4.74 Å². The zero-order valence-electron chi connectivity index (χ0n) is 15.0. The average Bonchev–Trinajstić information content (AvgIpc) is 2.57. The van der Waals surface area contributed by atoms with Gasteiger partial charge in [-0.2, -0.15) is 0 Å². The van der Waals surface area contributed by atoms with Crippen LogP contribution >= 0.6 is 0 Å². The van der Waals surface area contributed by atoms with Gasteiger partial charge in [0.2, 0.25) is 0 Å². The maximum absolute atomic E-state index is 6.00. The fourth-order valence-corrected chi connectivity index (χ4v) is 2.49. The summed E-state index contributed by atoms with van der Waals surface area (Å²) in [6.07, 6.45) is 0.963. The normalized spacial score (nSPS) is 12.8. The number of benzene rings is 2. The van der Waals surface area contributed by atoms with E-state index in [4.69, 9.17) is 10.5 Å². The Labute approximate surface area is 144 Å². The lowest BCUT2D eigenvalue weighted by Crippen LogP contribution is -2.24. The molecule has 0 aliphatic heterocycles. The molecular weight excluding hydrogens is 298 g/mol. The molecule has 2 aromatic carbocycles. The molecule has 2 aromatic rings. The van der Waals surface area contributed by atoms with Gasteiger partial charge in [-0.25, -0.2) is 0 Å². The van der Waals surface area contributed by atoms with Gasteiger partial charge in [-0.05, 0) is 67.1 Å². The predicted molar refractivity (Wildman–Crippen MR) is 102 cm³/mol. The molecule has 1 unspecified atom stereocenters. The topological polar surface area (TPSA) is 59.6 Å². The van der Waals surface area contributed by atoms with Crippen LogP contribution in [0.5, 0.6) is 5.75 Å². The van der Waals surface area contributed by atoms with Crippen LogP contribution in [0, 0.1) is 19.8 Å². The first-order valence-electron chi connectivity index (χ1n) is 8.25. The zero-order chi connectivity index (χ0) is 17.5. The summed E-state index contributed by atoms with van der Waals surface area (Å²) < 4.78 is 5.18. The maximum atomic E-state index is 6.00. The molecule has 0 aliphatic rings. The van der Waals surface area contributed by atoms with E-state index in [0.29, 0.717) is 18.4 Å². The van der Waals surface area contributed by atoms with Gasteiger partial charge in [-0.15, -0.1) is 0 Å². The van der Waals surface area contributed by atoms with Gasteiger partial charge in [-0.3, -0.25) is 4.99 Å². The fourth-order valence-electron chi connectivity index (χ4n) is 2.49. The van der Waals surface area contributed by atoms with Gasteiger partial charge in [0.15, 0.2) is 5.96 Å². The van der Waals surface area contributed by atoms with Gasteiger partial charge in [0, 0.05) is 12.2 Å². The van der Waals surface area contributed by atoms with E-state index >= 15 is 0 Å². The highest BCUT2D eigenvalue weighted by atomic mass is 16.5. The number of nitrogens with two attached hydrogens (primary N) is 1. The molecule has 2 rings (SSSR count). The lowest BCUT2D eigenvalue weighted by atomic mass is 10.0. The Kier molecular flexibility index (Phi) is 6.24. The van der Waals surface area contributed by atoms with Crippen LogP contribution in [0.1, 0.15) is 23.6 Å². The van der Waals surface area contributed by atoms with Crippen molar-refractivity contribution in [3.8, 4) is 5.75 Å². The van der Waals surface area contributed by atoms with Crippen molar-refractivity contribution in [1.82, 2.24) is 0 Å². The van der Waals surface area contributed by atoms with Crippen LogP contribution < -0.4 is 15.8 Å². The molecule has 0 heterocycles. The molecular formula is C20H27N3O. The smallest absolute Gasteiger partial charge is 0.193 e. The summed E-state index contributed by atoms with van der Waals surface area (Å²) in [5, 5.41) is 3.16. The third kappa shape index (κ3) is 5.30. The Morgan fingerprint density at radius 2 is 1.83 bits per heavy atom. The first-order valence-corrected chi connectivity index (χ1v) is 8.25. The van der Waals surface area contributed by atoms with Crippen molar-refractivity contribution in [1.29, 1.82) is 0 Å². The Bertz CT molecular complexity index is 693.